The fraction of sp³-hybridized carbons (Fsp3) is 0.0638. The Morgan fingerprint density at radius 2 is 0.396 bits per heavy atom. The topological polar surface area (TPSA) is 6.48 Å². The van der Waals surface area contributed by atoms with Gasteiger partial charge in [0.1, 0.15) is 0 Å². The molecule has 0 saturated heterocycles. The van der Waals surface area contributed by atoms with Crippen LogP contribution < -0.4 is 9.80 Å². The molecule has 0 aliphatic heterocycles. The first kappa shape index (κ1) is 84.7. The molecule has 5 aliphatic rings. The predicted molar refractivity (Wildman–Crippen MR) is 603 cm³/mol. The molecule has 3 heteroatoms. The van der Waals surface area contributed by atoms with Gasteiger partial charge < -0.3 is 9.80 Å². The Kier molecular flexibility index (Phi) is 19.3. The molecular weight excluding hydrogens is 1750 g/mol. The van der Waals surface area contributed by atoms with Crippen molar-refractivity contribution in [2.75, 3.05) is 9.80 Å². The number of thiophene rings is 1. The molecule has 1 heterocycles. The third-order valence-electron chi connectivity index (χ3n) is 32.8. The van der Waals surface area contributed by atoms with Gasteiger partial charge in [0.25, 0.3) is 0 Å². The summed E-state index contributed by atoms with van der Waals surface area (Å²) in [5.74, 6) is 0. The monoisotopic (exact) mass is 1850 g/mol. The van der Waals surface area contributed by atoms with E-state index in [4.69, 9.17) is 0 Å². The van der Waals surface area contributed by atoms with Crippen molar-refractivity contribution < 1.29 is 0 Å². The summed E-state index contributed by atoms with van der Waals surface area (Å²) in [5.41, 5.74) is 49.6. The van der Waals surface area contributed by atoms with Crippen molar-refractivity contribution in [1.82, 2.24) is 0 Å². The maximum Gasteiger partial charge on any atom is 0.0720 e. The van der Waals surface area contributed by atoms with E-state index in [1.807, 2.05) is 11.3 Å². The Hall–Kier alpha value is -17.3. The van der Waals surface area contributed by atoms with E-state index in [-0.39, 0.29) is 10.8 Å². The molecule has 0 bridgehead atoms. The van der Waals surface area contributed by atoms with Crippen LogP contribution in [0.4, 0.5) is 34.1 Å². The van der Waals surface area contributed by atoms with Gasteiger partial charge in [0.2, 0.25) is 0 Å². The lowest BCUT2D eigenvalue weighted by molar-refractivity contribution is 0.563. The average Bonchev–Trinajstić information content (AvgIpc) is 1.43. The molecule has 0 radical (unpaired) electrons. The zero-order valence-corrected chi connectivity index (χ0v) is 81.3. The molecule has 678 valence electrons. The van der Waals surface area contributed by atoms with Gasteiger partial charge in [0, 0.05) is 65.1 Å². The largest absolute Gasteiger partial charge is 0.311 e. The van der Waals surface area contributed by atoms with E-state index in [0.29, 0.717) is 0 Å². The lowest BCUT2D eigenvalue weighted by atomic mass is 9.51. The van der Waals surface area contributed by atoms with Gasteiger partial charge in [-0.3, -0.25) is 0 Å². The van der Waals surface area contributed by atoms with E-state index in [2.05, 4.69) is 559 Å². The molecule has 28 rings (SSSR count). The molecule has 22 aromatic carbocycles. The second-order valence-corrected chi connectivity index (χ2v) is 41.8. The molecule has 5 aliphatic carbocycles. The number of rotatable bonds is 15. The Morgan fingerprint density at radius 1 is 0.146 bits per heavy atom. The number of fused-ring (bicyclic) bond motifs is 24. The fourth-order valence-corrected chi connectivity index (χ4v) is 27.2. The average molecular weight is 1850 g/mol. The van der Waals surface area contributed by atoms with Crippen LogP contribution in [0.25, 0.3) is 131 Å². The molecule has 0 N–H and O–H groups in total. The molecule has 2 nitrogen and oxygen atoms in total. The number of benzene rings is 22. The highest BCUT2D eigenvalue weighted by Gasteiger charge is 2.58. The number of hydrogen-bond donors (Lipinski definition) is 0. The molecular formula is C141H98N2S. The van der Waals surface area contributed by atoms with Crippen LogP contribution in [0.1, 0.15) is 117 Å². The van der Waals surface area contributed by atoms with E-state index >= 15 is 0 Å². The third-order valence-corrected chi connectivity index (χ3v) is 33.9. The molecule has 0 saturated carbocycles. The maximum atomic E-state index is 2.53. The second kappa shape index (κ2) is 32.9. The molecule has 1 aromatic heterocycles. The van der Waals surface area contributed by atoms with Gasteiger partial charge in [-0.05, 0) is 309 Å². The first-order valence-electron chi connectivity index (χ1n) is 50.5. The van der Waals surface area contributed by atoms with E-state index in [1.165, 1.54) is 204 Å². The smallest absolute Gasteiger partial charge is 0.0720 e. The summed E-state index contributed by atoms with van der Waals surface area (Å²) in [6.07, 6.45) is 0. The van der Waals surface area contributed by atoms with E-state index in [9.17, 15) is 0 Å². The van der Waals surface area contributed by atoms with Crippen molar-refractivity contribution in [3.05, 3.63) is 611 Å². The highest BCUT2D eigenvalue weighted by molar-refractivity contribution is 7.25. The molecule has 23 aromatic rings. The summed E-state index contributed by atoms with van der Waals surface area (Å²) >= 11 is 1.86. The molecule has 2 spiro atoms. The van der Waals surface area contributed by atoms with Crippen LogP contribution in [-0.2, 0) is 27.1 Å². The van der Waals surface area contributed by atoms with Gasteiger partial charge in [-0.1, -0.05) is 440 Å². The predicted octanol–water partition coefficient (Wildman–Crippen LogP) is 37.0. The van der Waals surface area contributed by atoms with Crippen molar-refractivity contribution in [3.63, 3.8) is 0 Å². The zero-order valence-electron chi connectivity index (χ0n) is 80.5. The normalized spacial score (nSPS) is 14.2. The van der Waals surface area contributed by atoms with Crippen LogP contribution in [0.3, 0.4) is 0 Å². The summed E-state index contributed by atoms with van der Waals surface area (Å²) in [5, 5.41) is 2.60. The maximum absolute atomic E-state index is 2.53. The Labute approximate surface area is 845 Å². The SMILES string of the molecule is CC1(C)c2cc(-c3ccc(-c4ccc(N(c5ccc(-c6ccc7c(c6)C6(c8ccccc8-7)c7ccccc7C(C)(C)c7ccccc76)cc5)c5ccc(-c6ccccc6-c6ccccc6)cc5)cc4)cc3)ccc2-c2ccc(N(c3ccc(-c4ccc5c(c4)C4(c6ccccc6-5)c5ccccc5C(c5ccccc5)(c5ccccc5)c5ccccc54)cc3)c3ccc(-c4ccc5sc6ccccc6c5c4)cc3)cc21. The van der Waals surface area contributed by atoms with Crippen LogP contribution >= 0.6 is 11.3 Å². The van der Waals surface area contributed by atoms with Crippen LogP contribution in [-0.4, -0.2) is 0 Å². The summed E-state index contributed by atoms with van der Waals surface area (Å²) in [6, 6.07) is 198. The van der Waals surface area contributed by atoms with Crippen LogP contribution in [0.5, 0.6) is 0 Å². The molecule has 0 fully saturated rings. The second-order valence-electron chi connectivity index (χ2n) is 40.7. The van der Waals surface area contributed by atoms with Crippen molar-refractivity contribution in [2.24, 2.45) is 0 Å². The molecule has 0 unspecified atom stereocenters. The van der Waals surface area contributed by atoms with Crippen LogP contribution in [0, 0.1) is 0 Å². The summed E-state index contributed by atoms with van der Waals surface area (Å²) in [7, 11) is 0. The zero-order chi connectivity index (χ0) is 95.7. The number of nitrogens with zero attached hydrogens (tertiary/aromatic N) is 2. The van der Waals surface area contributed by atoms with Crippen LogP contribution in [0.2, 0.25) is 0 Å². The minimum atomic E-state index is -0.624. The lowest BCUT2D eigenvalue weighted by Crippen LogP contribution is -2.44. The standard InChI is InChI=1S/C141H98N2S/c1-137(2)123-43-21-23-45-125(123)140(126-46-24-22-44-124(126)137)121-41-19-16-38-113(121)117-82-67-101(88-133(117)140)95-60-72-106(73-61-95)142(107-78-64-98(65-79-107)112-37-15-14-36-111(112)97-30-8-5-9-31-97)105-70-56-92(57-71-105)91-52-54-93(55-53-91)100-66-81-115-116-84-80-110(90-132(116)138(3,4)131(115)87-100)143(108-74-58-94(59-75-108)99-69-85-136-120(86-99)119-40-18-29-51-135(119)144-136)109-76-62-96(63-77-109)102-68-83-118-114-39-17-20-42-122(114)141(134(118)89-102)129-49-27-25-47-127(129)139(103-32-10-6-11-33-103,104-34-12-7-13-35-104)128-48-26-28-50-130(128)141/h5-90H,1-4H3. The number of hydrogen-bond acceptors (Lipinski definition) is 3. The van der Waals surface area contributed by atoms with Crippen LogP contribution in [0.15, 0.2) is 522 Å². The Morgan fingerprint density at radius 3 is 0.826 bits per heavy atom. The van der Waals surface area contributed by atoms with Gasteiger partial charge in [0.05, 0.1) is 16.2 Å². The highest BCUT2D eigenvalue weighted by Crippen LogP contribution is 2.67. The van der Waals surface area contributed by atoms with Crippen molar-refractivity contribution in [3.8, 4) is 111 Å². The van der Waals surface area contributed by atoms with Gasteiger partial charge >= 0.3 is 0 Å². The Bertz CT molecular complexity index is 8940. The minimum absolute atomic E-state index is 0.179. The van der Waals surface area contributed by atoms with E-state index in [0.717, 1.165) is 50.8 Å². The summed E-state index contributed by atoms with van der Waals surface area (Å²) in [6.45, 7) is 9.63. The quantitative estimate of drug-likeness (QED) is 0.101. The summed E-state index contributed by atoms with van der Waals surface area (Å²) < 4.78 is 2.62. The lowest BCUT2D eigenvalue weighted by Gasteiger charge is -2.50. The molecule has 144 heavy (non-hydrogen) atoms. The molecule has 0 atom stereocenters. The highest BCUT2D eigenvalue weighted by atomic mass is 32.1. The molecule has 0 amide bonds. The van der Waals surface area contributed by atoms with Crippen molar-refractivity contribution in [2.45, 2.75) is 54.8 Å². The van der Waals surface area contributed by atoms with E-state index < -0.39 is 16.2 Å². The van der Waals surface area contributed by atoms with Gasteiger partial charge in [-0.15, -0.1) is 11.3 Å². The first-order chi connectivity index (χ1) is 70.9. The van der Waals surface area contributed by atoms with Gasteiger partial charge in [0.15, 0.2) is 0 Å². The van der Waals surface area contributed by atoms with Gasteiger partial charge in [-0.25, -0.2) is 0 Å². The van der Waals surface area contributed by atoms with E-state index in [1.54, 1.807) is 0 Å². The summed E-state index contributed by atoms with van der Waals surface area (Å²) in [4.78, 5) is 4.88. The Balaban J connectivity index is 0.496. The van der Waals surface area contributed by atoms with Crippen molar-refractivity contribution in [1.29, 1.82) is 0 Å². The fourth-order valence-electron chi connectivity index (χ4n) is 26.1. The van der Waals surface area contributed by atoms with Crippen molar-refractivity contribution >= 4 is 65.6 Å². The first-order valence-corrected chi connectivity index (χ1v) is 51.3. The third kappa shape index (κ3) is 12.7. The number of anilines is 6. The minimum Gasteiger partial charge on any atom is -0.311 e. The van der Waals surface area contributed by atoms with Gasteiger partial charge in [-0.2, -0.15) is 0 Å².